The van der Waals surface area contributed by atoms with Gasteiger partial charge in [0.1, 0.15) is 28.6 Å². The second-order valence-corrected chi connectivity index (χ2v) is 11.6. The molecular formula is C37H29N5O9. The summed E-state index contributed by atoms with van der Waals surface area (Å²) in [5, 5.41) is 15.4. The van der Waals surface area contributed by atoms with Gasteiger partial charge in [-0.2, -0.15) is 0 Å². The number of nitrogens with one attached hydrogen (secondary N) is 1. The van der Waals surface area contributed by atoms with E-state index in [1.165, 1.54) is 31.4 Å². The summed E-state index contributed by atoms with van der Waals surface area (Å²) in [4.78, 5) is 56.3. The number of nitro groups is 1. The van der Waals surface area contributed by atoms with Gasteiger partial charge in [0.25, 0.3) is 17.5 Å². The Morgan fingerprint density at radius 2 is 1.71 bits per heavy atom. The van der Waals surface area contributed by atoms with Crippen LogP contribution in [-0.2, 0) is 11.2 Å². The normalized spacial score (nSPS) is 12.1. The minimum atomic E-state index is -1.04. The topological polar surface area (TPSA) is 164 Å². The number of benzene rings is 4. The molecule has 0 aliphatic carbocycles. The number of ether oxygens (including phenoxy) is 4. The van der Waals surface area contributed by atoms with Gasteiger partial charge in [0.2, 0.25) is 0 Å². The van der Waals surface area contributed by atoms with Gasteiger partial charge in [-0.3, -0.25) is 19.7 Å². The fourth-order valence-corrected chi connectivity index (χ4v) is 6.01. The molecule has 0 saturated carbocycles. The lowest BCUT2D eigenvalue weighted by Crippen LogP contribution is -2.29. The van der Waals surface area contributed by atoms with E-state index in [1.807, 2.05) is 25.1 Å². The number of non-ortho nitro benzene ring substituents is 1. The van der Waals surface area contributed by atoms with Gasteiger partial charge in [0, 0.05) is 55.2 Å². The van der Waals surface area contributed by atoms with Gasteiger partial charge in [0.15, 0.2) is 6.79 Å². The van der Waals surface area contributed by atoms with Gasteiger partial charge >= 0.3 is 6.16 Å². The van der Waals surface area contributed by atoms with Crippen LogP contribution in [0.3, 0.4) is 0 Å². The Labute approximate surface area is 289 Å². The van der Waals surface area contributed by atoms with Gasteiger partial charge < -0.3 is 33.6 Å². The number of hydrogen-bond acceptors (Lipinski definition) is 10. The van der Waals surface area contributed by atoms with Crippen LogP contribution in [-0.4, -0.2) is 52.7 Å². The highest BCUT2D eigenvalue weighted by Crippen LogP contribution is 2.42. The number of nitrogens with zero attached hydrogens (tertiary/aromatic N) is 4. The van der Waals surface area contributed by atoms with Crippen molar-refractivity contribution in [3.8, 4) is 17.2 Å². The van der Waals surface area contributed by atoms with Crippen molar-refractivity contribution in [1.29, 1.82) is 0 Å². The minimum absolute atomic E-state index is 0.0705. The number of nitro benzene ring substituents is 1. The number of methoxy groups -OCH3 is 1. The first-order chi connectivity index (χ1) is 24.7. The molecule has 0 unspecified atom stereocenters. The highest BCUT2D eigenvalue weighted by Gasteiger charge is 2.31. The number of carbonyl (C=O) groups excluding carboxylic acids is 3. The van der Waals surface area contributed by atoms with Gasteiger partial charge in [-0.05, 0) is 78.4 Å². The maximum atomic E-state index is 14.0. The predicted molar refractivity (Wildman–Crippen MR) is 186 cm³/mol. The number of rotatable bonds is 9. The standard InChI is InChI=1S/C37H29N5O9/c1-22-4-3-5-29-32(51-37(45)50-27-13-9-25(10-14-27)42(46)47)18-31-28(34(22)29)16-17-41(31)36(44)30-20-40-19-24(8-15-33(40)39-30)38-35(43)23-6-11-26(12-7-23)49-21-48-2/h3-15,18-20H,16-17,21H2,1-2H3,(H,38,43). The summed E-state index contributed by atoms with van der Waals surface area (Å²) in [7, 11) is 1.52. The van der Waals surface area contributed by atoms with Gasteiger partial charge in [-0.1, -0.05) is 18.2 Å². The SMILES string of the molecule is COCOc1ccc(C(=O)Nc2ccc3nc(C(=O)N4CCc5c4cc(OC(=O)Oc4ccc([N+](=O)[O-])cc4)c4cccc(C)c54)cn3c2)cc1. The number of carbonyl (C=O) groups is 3. The Morgan fingerprint density at radius 1 is 0.941 bits per heavy atom. The molecule has 0 saturated heterocycles. The van der Waals surface area contributed by atoms with Crippen molar-refractivity contribution in [3.05, 3.63) is 130 Å². The number of fused-ring (bicyclic) bond motifs is 4. The molecule has 14 heteroatoms. The quantitative estimate of drug-likeness (QED) is 0.0567. The van der Waals surface area contributed by atoms with Crippen molar-refractivity contribution in [1.82, 2.24) is 9.38 Å². The molecule has 0 fully saturated rings. The monoisotopic (exact) mass is 687 g/mol. The van der Waals surface area contributed by atoms with E-state index in [2.05, 4.69) is 10.3 Å². The van der Waals surface area contributed by atoms with Crippen molar-refractivity contribution in [2.24, 2.45) is 0 Å². The Morgan fingerprint density at radius 3 is 2.45 bits per heavy atom. The second kappa shape index (κ2) is 13.6. The first-order valence-electron chi connectivity index (χ1n) is 15.7. The molecular weight excluding hydrogens is 658 g/mol. The Kier molecular flexibility index (Phi) is 8.73. The lowest BCUT2D eigenvalue weighted by atomic mass is 9.97. The van der Waals surface area contributed by atoms with Gasteiger partial charge in [-0.15, -0.1) is 0 Å². The summed E-state index contributed by atoms with van der Waals surface area (Å²) in [6, 6.07) is 22.3. The maximum Gasteiger partial charge on any atom is 0.519 e. The summed E-state index contributed by atoms with van der Waals surface area (Å²) < 4.78 is 22.9. The molecule has 7 rings (SSSR count). The lowest BCUT2D eigenvalue weighted by Gasteiger charge is -2.19. The van der Waals surface area contributed by atoms with Crippen LogP contribution in [0, 0.1) is 17.0 Å². The van der Waals surface area contributed by atoms with E-state index >= 15 is 0 Å². The van der Waals surface area contributed by atoms with E-state index in [9.17, 15) is 24.5 Å². The third-order valence-electron chi connectivity index (χ3n) is 8.37. The molecule has 51 heavy (non-hydrogen) atoms. The van der Waals surface area contributed by atoms with Gasteiger partial charge in [-0.25, -0.2) is 9.78 Å². The van der Waals surface area contributed by atoms with E-state index in [1.54, 1.807) is 64.2 Å². The molecule has 0 bridgehead atoms. The average molecular weight is 688 g/mol. The van der Waals surface area contributed by atoms with Crippen molar-refractivity contribution in [2.45, 2.75) is 13.3 Å². The Bertz CT molecular complexity index is 2340. The predicted octanol–water partition coefficient (Wildman–Crippen LogP) is 6.72. The molecule has 6 aromatic rings. The fraction of sp³-hybridized carbons (Fsp3) is 0.135. The van der Waals surface area contributed by atoms with Crippen molar-refractivity contribution < 1.29 is 38.3 Å². The van der Waals surface area contributed by atoms with Crippen LogP contribution in [0.2, 0.25) is 0 Å². The van der Waals surface area contributed by atoms with Crippen LogP contribution < -0.4 is 24.4 Å². The average Bonchev–Trinajstić information content (AvgIpc) is 3.75. The largest absolute Gasteiger partial charge is 0.519 e. The van der Waals surface area contributed by atoms with Crippen molar-refractivity contribution in [2.75, 3.05) is 30.7 Å². The third kappa shape index (κ3) is 6.63. The minimum Gasteiger partial charge on any atom is -0.468 e. The summed E-state index contributed by atoms with van der Waals surface area (Å²) in [6.45, 7) is 2.41. The Balaban J connectivity index is 1.12. The van der Waals surface area contributed by atoms with E-state index in [0.717, 1.165) is 16.5 Å². The molecule has 2 amide bonds. The summed E-state index contributed by atoms with van der Waals surface area (Å²) in [5.41, 5.74) is 3.91. The molecule has 14 nitrogen and oxygen atoms in total. The van der Waals surface area contributed by atoms with E-state index in [4.69, 9.17) is 18.9 Å². The summed E-state index contributed by atoms with van der Waals surface area (Å²) in [6.07, 6.45) is 2.79. The molecule has 4 aromatic carbocycles. The molecule has 0 atom stereocenters. The molecule has 0 radical (unpaired) electrons. The van der Waals surface area contributed by atoms with Crippen LogP contribution >= 0.6 is 0 Å². The van der Waals surface area contributed by atoms with E-state index in [-0.39, 0.29) is 41.5 Å². The number of anilines is 2. The van der Waals surface area contributed by atoms with Crippen LogP contribution in [0.15, 0.2) is 97.3 Å². The number of imidazole rings is 1. The smallest absolute Gasteiger partial charge is 0.468 e. The Hall–Kier alpha value is -6.80. The van der Waals surface area contributed by atoms with E-state index < -0.39 is 11.1 Å². The molecule has 3 heterocycles. The molecule has 0 spiro atoms. The number of hydrogen-bond donors (Lipinski definition) is 1. The number of amides is 2. The molecule has 1 N–H and O–H groups in total. The first-order valence-corrected chi connectivity index (χ1v) is 15.7. The van der Waals surface area contributed by atoms with E-state index in [0.29, 0.717) is 46.7 Å². The molecule has 256 valence electrons. The number of aromatic nitrogens is 2. The van der Waals surface area contributed by atoms with Crippen molar-refractivity contribution in [3.63, 3.8) is 0 Å². The van der Waals surface area contributed by atoms with Crippen LogP contribution in [0.1, 0.15) is 32.0 Å². The lowest BCUT2D eigenvalue weighted by molar-refractivity contribution is -0.384. The summed E-state index contributed by atoms with van der Waals surface area (Å²) in [5.74, 6) is 0.147. The highest BCUT2D eigenvalue weighted by atomic mass is 16.7. The number of pyridine rings is 1. The molecule has 2 aromatic heterocycles. The van der Waals surface area contributed by atoms with Crippen LogP contribution in [0.25, 0.3) is 16.4 Å². The first kappa shape index (κ1) is 32.7. The number of aryl methyl sites for hydroxylation is 1. The zero-order chi connectivity index (χ0) is 35.6. The van der Waals surface area contributed by atoms with Gasteiger partial charge in [0.05, 0.1) is 16.3 Å². The maximum absolute atomic E-state index is 14.0. The van der Waals surface area contributed by atoms with Crippen LogP contribution in [0.4, 0.5) is 21.9 Å². The third-order valence-corrected chi connectivity index (χ3v) is 8.37. The highest BCUT2D eigenvalue weighted by molar-refractivity contribution is 6.10. The molecule has 1 aliphatic rings. The van der Waals surface area contributed by atoms with Crippen molar-refractivity contribution >= 4 is 51.5 Å². The van der Waals surface area contributed by atoms with Crippen LogP contribution in [0.5, 0.6) is 17.2 Å². The molecule has 1 aliphatic heterocycles. The second-order valence-electron chi connectivity index (χ2n) is 11.6. The fourth-order valence-electron chi connectivity index (χ4n) is 6.01. The zero-order valence-electron chi connectivity index (χ0n) is 27.3. The summed E-state index contributed by atoms with van der Waals surface area (Å²) >= 11 is 0. The zero-order valence-corrected chi connectivity index (χ0v) is 27.3.